The van der Waals surface area contributed by atoms with E-state index in [4.69, 9.17) is 21.1 Å². The van der Waals surface area contributed by atoms with Crippen LogP contribution in [-0.4, -0.2) is 55.1 Å². The molecule has 0 bridgehead atoms. The second-order valence-electron chi connectivity index (χ2n) is 6.17. The van der Waals surface area contributed by atoms with Crippen molar-refractivity contribution < 1.29 is 14.3 Å². The molecule has 128 valence electrons. The van der Waals surface area contributed by atoms with Crippen LogP contribution in [0.25, 0.3) is 0 Å². The summed E-state index contributed by atoms with van der Waals surface area (Å²) in [4.78, 5) is 16.1. The molecule has 1 aliphatic heterocycles. The highest BCUT2D eigenvalue weighted by Crippen LogP contribution is 2.36. The number of benzene rings is 1. The molecule has 0 saturated carbocycles. The molecule has 0 aromatic heterocycles. The third-order valence-corrected chi connectivity index (χ3v) is 4.27. The Bertz CT molecular complexity index is 577. The number of methoxy groups -OCH3 is 1. The van der Waals surface area contributed by atoms with E-state index in [1.807, 2.05) is 33.9 Å². The standard InChI is InChI=1S/C17H25ClN2O3/c1-11(2)23-16-13(8-14(18)9-15(16)22-5)10-20-7-6-19(4)17(21)12(20)3/h8-9,11-12H,6-7,10H2,1-5H3/t12-/m1/s1. The van der Waals surface area contributed by atoms with Gasteiger partial charge in [-0.25, -0.2) is 0 Å². The van der Waals surface area contributed by atoms with Crippen LogP contribution in [0.15, 0.2) is 12.1 Å². The first-order valence-electron chi connectivity index (χ1n) is 7.85. The summed E-state index contributed by atoms with van der Waals surface area (Å²) >= 11 is 6.21. The fourth-order valence-corrected chi connectivity index (χ4v) is 2.98. The van der Waals surface area contributed by atoms with Crippen LogP contribution in [0.4, 0.5) is 0 Å². The number of nitrogens with zero attached hydrogens (tertiary/aromatic N) is 2. The number of likely N-dealkylation sites (N-methyl/N-ethyl adjacent to an activating group) is 1. The van der Waals surface area contributed by atoms with Crippen LogP contribution in [0.5, 0.6) is 11.5 Å². The van der Waals surface area contributed by atoms with Gasteiger partial charge in [0.2, 0.25) is 5.91 Å². The van der Waals surface area contributed by atoms with Gasteiger partial charge in [-0.3, -0.25) is 9.69 Å². The Morgan fingerprint density at radius 1 is 1.35 bits per heavy atom. The highest BCUT2D eigenvalue weighted by molar-refractivity contribution is 6.30. The van der Waals surface area contributed by atoms with E-state index in [1.54, 1.807) is 18.1 Å². The molecule has 0 N–H and O–H groups in total. The Morgan fingerprint density at radius 2 is 2.04 bits per heavy atom. The molecular formula is C17H25ClN2O3. The zero-order valence-electron chi connectivity index (χ0n) is 14.4. The van der Waals surface area contributed by atoms with Gasteiger partial charge in [-0.2, -0.15) is 0 Å². The molecule has 0 aliphatic carbocycles. The van der Waals surface area contributed by atoms with E-state index in [1.165, 1.54) is 0 Å². The monoisotopic (exact) mass is 340 g/mol. The first-order chi connectivity index (χ1) is 10.8. The molecule has 1 fully saturated rings. The predicted molar refractivity (Wildman–Crippen MR) is 91.3 cm³/mol. The molecule has 1 amide bonds. The predicted octanol–water partition coefficient (Wildman–Crippen LogP) is 2.80. The number of rotatable bonds is 5. The number of hydrogen-bond donors (Lipinski definition) is 0. The Labute approximate surface area is 143 Å². The molecule has 2 rings (SSSR count). The molecular weight excluding hydrogens is 316 g/mol. The number of amides is 1. The molecule has 6 heteroatoms. The Morgan fingerprint density at radius 3 is 2.65 bits per heavy atom. The van der Waals surface area contributed by atoms with E-state index < -0.39 is 0 Å². The molecule has 1 aliphatic rings. The SMILES string of the molecule is COc1cc(Cl)cc(CN2CCN(C)C(=O)[C@H]2C)c1OC(C)C. The normalized spacial score (nSPS) is 19.3. The summed E-state index contributed by atoms with van der Waals surface area (Å²) in [5, 5.41) is 0.598. The maximum atomic E-state index is 12.2. The maximum Gasteiger partial charge on any atom is 0.239 e. The van der Waals surface area contributed by atoms with Gasteiger partial charge in [0.15, 0.2) is 11.5 Å². The average Bonchev–Trinajstić information content (AvgIpc) is 2.49. The molecule has 0 unspecified atom stereocenters. The average molecular weight is 341 g/mol. The van der Waals surface area contributed by atoms with E-state index >= 15 is 0 Å². The van der Waals surface area contributed by atoms with Crippen LogP contribution in [0, 0.1) is 0 Å². The van der Waals surface area contributed by atoms with Gasteiger partial charge in [-0.1, -0.05) is 11.6 Å². The number of carbonyl (C=O) groups is 1. The highest BCUT2D eigenvalue weighted by atomic mass is 35.5. The van der Waals surface area contributed by atoms with Crippen molar-refractivity contribution in [1.82, 2.24) is 9.80 Å². The zero-order chi connectivity index (χ0) is 17.1. The molecule has 1 atom stereocenters. The summed E-state index contributed by atoms with van der Waals surface area (Å²) in [7, 11) is 3.44. The minimum Gasteiger partial charge on any atom is -0.493 e. The molecule has 0 radical (unpaired) electrons. The number of piperazine rings is 1. The van der Waals surface area contributed by atoms with Gasteiger partial charge in [-0.15, -0.1) is 0 Å². The quantitative estimate of drug-likeness (QED) is 0.826. The molecule has 1 heterocycles. The lowest BCUT2D eigenvalue weighted by Crippen LogP contribution is -2.53. The third kappa shape index (κ3) is 4.09. The van der Waals surface area contributed by atoms with Gasteiger partial charge >= 0.3 is 0 Å². The fourth-order valence-electron chi connectivity index (χ4n) is 2.75. The first-order valence-corrected chi connectivity index (χ1v) is 8.23. The smallest absolute Gasteiger partial charge is 0.239 e. The number of carbonyl (C=O) groups excluding carboxylic acids is 1. The first kappa shape index (κ1) is 17.9. The van der Waals surface area contributed by atoms with Crippen LogP contribution in [0.2, 0.25) is 5.02 Å². The lowest BCUT2D eigenvalue weighted by atomic mass is 10.1. The molecule has 1 aromatic carbocycles. The second-order valence-corrected chi connectivity index (χ2v) is 6.61. The van der Waals surface area contributed by atoms with Gasteiger partial charge in [0.1, 0.15) is 0 Å². The van der Waals surface area contributed by atoms with E-state index in [0.29, 0.717) is 23.1 Å². The number of ether oxygens (including phenoxy) is 2. The van der Waals surface area contributed by atoms with Crippen LogP contribution in [0.3, 0.4) is 0 Å². The van der Waals surface area contributed by atoms with E-state index in [9.17, 15) is 4.79 Å². The topological polar surface area (TPSA) is 42.0 Å². The van der Waals surface area contributed by atoms with Crippen LogP contribution >= 0.6 is 11.6 Å². The molecule has 1 saturated heterocycles. The summed E-state index contributed by atoms with van der Waals surface area (Å²) < 4.78 is 11.4. The van der Waals surface area contributed by atoms with Crippen molar-refractivity contribution in [3.8, 4) is 11.5 Å². The van der Waals surface area contributed by atoms with Crippen molar-refractivity contribution in [3.63, 3.8) is 0 Å². The Hall–Kier alpha value is -1.46. The zero-order valence-corrected chi connectivity index (χ0v) is 15.2. The van der Waals surface area contributed by atoms with Crippen molar-refractivity contribution >= 4 is 17.5 Å². The van der Waals surface area contributed by atoms with Crippen molar-refractivity contribution in [3.05, 3.63) is 22.7 Å². The minimum atomic E-state index is -0.161. The second kappa shape index (κ2) is 7.41. The number of hydrogen-bond acceptors (Lipinski definition) is 4. The van der Waals surface area contributed by atoms with E-state index in [-0.39, 0.29) is 18.1 Å². The van der Waals surface area contributed by atoms with Crippen molar-refractivity contribution in [1.29, 1.82) is 0 Å². The van der Waals surface area contributed by atoms with Crippen molar-refractivity contribution in [2.75, 3.05) is 27.2 Å². The van der Waals surface area contributed by atoms with Crippen LogP contribution in [0.1, 0.15) is 26.3 Å². The lowest BCUT2D eigenvalue weighted by molar-refractivity contribution is -0.139. The van der Waals surface area contributed by atoms with Crippen molar-refractivity contribution in [2.24, 2.45) is 0 Å². The van der Waals surface area contributed by atoms with Crippen LogP contribution in [-0.2, 0) is 11.3 Å². The third-order valence-electron chi connectivity index (χ3n) is 4.05. The van der Waals surface area contributed by atoms with Gasteiger partial charge in [0, 0.05) is 43.3 Å². The van der Waals surface area contributed by atoms with E-state index in [0.717, 1.165) is 18.7 Å². The van der Waals surface area contributed by atoms with Gasteiger partial charge in [-0.05, 0) is 26.8 Å². The Balaban J connectivity index is 2.31. The number of halogens is 1. The highest BCUT2D eigenvalue weighted by Gasteiger charge is 2.30. The van der Waals surface area contributed by atoms with Gasteiger partial charge in [0.25, 0.3) is 0 Å². The molecule has 5 nitrogen and oxygen atoms in total. The summed E-state index contributed by atoms with van der Waals surface area (Å²) in [6.45, 7) is 8.02. The van der Waals surface area contributed by atoms with E-state index in [2.05, 4.69) is 4.90 Å². The van der Waals surface area contributed by atoms with Gasteiger partial charge in [0.05, 0.1) is 19.3 Å². The molecule has 1 aromatic rings. The minimum absolute atomic E-state index is 0.0235. The van der Waals surface area contributed by atoms with Crippen LogP contribution < -0.4 is 9.47 Å². The lowest BCUT2D eigenvalue weighted by Gasteiger charge is -2.37. The van der Waals surface area contributed by atoms with Gasteiger partial charge < -0.3 is 14.4 Å². The largest absolute Gasteiger partial charge is 0.493 e. The Kier molecular flexibility index (Phi) is 5.76. The van der Waals surface area contributed by atoms with Crippen molar-refractivity contribution in [2.45, 2.75) is 39.5 Å². The summed E-state index contributed by atoms with van der Waals surface area (Å²) in [6, 6.07) is 3.48. The summed E-state index contributed by atoms with van der Waals surface area (Å²) in [5.74, 6) is 1.45. The molecule has 23 heavy (non-hydrogen) atoms. The summed E-state index contributed by atoms with van der Waals surface area (Å²) in [5.41, 5.74) is 0.937. The summed E-state index contributed by atoms with van der Waals surface area (Å²) in [6.07, 6.45) is 0.0235. The maximum absolute atomic E-state index is 12.2. The molecule has 0 spiro atoms. The fraction of sp³-hybridized carbons (Fsp3) is 0.588.